The maximum Gasteiger partial charge on any atom is 0.586 e. The highest BCUT2D eigenvalue weighted by Crippen LogP contribution is 2.52. The zero-order chi connectivity index (χ0) is 28.7. The summed E-state index contributed by atoms with van der Waals surface area (Å²) >= 11 is 0. The van der Waals surface area contributed by atoms with E-state index in [1.807, 2.05) is 19.1 Å². The van der Waals surface area contributed by atoms with Crippen molar-refractivity contribution in [2.45, 2.75) is 69.9 Å². The van der Waals surface area contributed by atoms with Crippen molar-refractivity contribution in [2.75, 3.05) is 32.8 Å². The van der Waals surface area contributed by atoms with Gasteiger partial charge in [0.15, 0.2) is 17.8 Å². The first-order valence-corrected chi connectivity index (χ1v) is 13.5. The summed E-state index contributed by atoms with van der Waals surface area (Å²) in [6.07, 6.45) is -1.08. The average Bonchev–Trinajstić information content (AvgIpc) is 3.51. The lowest BCUT2D eigenvalue weighted by molar-refractivity contribution is -0.286. The number of aromatic amines is 1. The van der Waals surface area contributed by atoms with E-state index in [1.54, 1.807) is 20.3 Å². The highest BCUT2D eigenvalue weighted by atomic mass is 19.3. The number of rotatable bonds is 12. The van der Waals surface area contributed by atoms with Crippen LogP contribution in [0, 0.1) is 6.92 Å². The van der Waals surface area contributed by atoms with Crippen LogP contribution in [0.15, 0.2) is 36.4 Å². The van der Waals surface area contributed by atoms with Crippen LogP contribution in [0.5, 0.6) is 11.5 Å². The number of amides is 1. The lowest BCUT2D eigenvalue weighted by Crippen LogP contribution is -2.28. The fourth-order valence-electron chi connectivity index (χ4n) is 5.14. The van der Waals surface area contributed by atoms with Crippen LogP contribution in [-0.4, -0.2) is 50.9 Å². The standard InChI is InChI=1S/C30H36F2N2O6/c1-18-13-22-19(15-25(33-22)28(2,3)17-38-12-6-7-26(36-4)37-5)14-21(18)34-27(35)29(10-11-29)20-8-9-23-24(16-20)40-30(31,32)39-23/h8-9,13-16,26,33H,6-7,10-12,17H2,1-5H3,(H,34,35). The summed E-state index contributed by atoms with van der Waals surface area (Å²) in [4.78, 5) is 17.0. The molecule has 2 aromatic carbocycles. The SMILES string of the molecule is COC(CCCOCC(C)(C)c1cc2cc(NC(=O)C3(c4ccc5c(c4)OC(F)(F)O5)CC3)c(C)cc2[nH]1)OC. The van der Waals surface area contributed by atoms with Crippen LogP contribution in [0.2, 0.25) is 0 Å². The normalized spacial score (nSPS) is 17.0. The van der Waals surface area contributed by atoms with Gasteiger partial charge in [0.1, 0.15) is 0 Å². The molecule has 1 fully saturated rings. The van der Waals surface area contributed by atoms with Crippen LogP contribution < -0.4 is 14.8 Å². The minimum Gasteiger partial charge on any atom is -0.395 e. The highest BCUT2D eigenvalue weighted by Gasteiger charge is 2.53. The molecule has 10 heteroatoms. The van der Waals surface area contributed by atoms with Gasteiger partial charge in [-0.3, -0.25) is 4.79 Å². The Balaban J connectivity index is 1.26. The summed E-state index contributed by atoms with van der Waals surface area (Å²) in [5.41, 5.74) is 3.22. The average molecular weight is 559 g/mol. The van der Waals surface area contributed by atoms with E-state index in [9.17, 15) is 13.6 Å². The molecule has 0 spiro atoms. The zero-order valence-electron chi connectivity index (χ0n) is 23.5. The Morgan fingerprint density at radius 2 is 1.82 bits per heavy atom. The molecule has 2 heterocycles. The third-order valence-corrected chi connectivity index (χ3v) is 7.80. The number of carbonyl (C=O) groups is 1. The molecule has 2 aliphatic rings. The van der Waals surface area contributed by atoms with E-state index in [-0.39, 0.29) is 29.1 Å². The Kier molecular flexibility index (Phi) is 7.54. The van der Waals surface area contributed by atoms with E-state index in [0.717, 1.165) is 35.0 Å². The van der Waals surface area contributed by atoms with Crippen LogP contribution in [0.1, 0.15) is 56.4 Å². The first-order chi connectivity index (χ1) is 19.0. The van der Waals surface area contributed by atoms with Crippen molar-refractivity contribution in [3.8, 4) is 11.5 Å². The molecular formula is C30H36F2N2O6. The molecule has 0 radical (unpaired) electrons. The molecule has 1 aliphatic heterocycles. The van der Waals surface area contributed by atoms with E-state index < -0.39 is 11.7 Å². The van der Waals surface area contributed by atoms with Gasteiger partial charge in [-0.05, 0) is 67.6 Å². The molecule has 40 heavy (non-hydrogen) atoms. The second-order valence-corrected chi connectivity index (χ2v) is 11.3. The number of halogens is 2. The van der Waals surface area contributed by atoms with Crippen molar-refractivity contribution < 1.29 is 37.3 Å². The summed E-state index contributed by atoms with van der Waals surface area (Å²) in [5, 5.41) is 4.06. The number of ether oxygens (including phenoxy) is 5. The van der Waals surface area contributed by atoms with Gasteiger partial charge in [0, 0.05) is 54.9 Å². The Morgan fingerprint density at radius 3 is 2.52 bits per heavy atom. The maximum atomic E-state index is 13.5. The van der Waals surface area contributed by atoms with Crippen LogP contribution in [0.3, 0.4) is 0 Å². The number of carbonyl (C=O) groups excluding carboxylic acids is 1. The first kappa shape index (κ1) is 28.3. The van der Waals surface area contributed by atoms with E-state index in [1.165, 1.54) is 12.1 Å². The maximum absolute atomic E-state index is 13.5. The Morgan fingerprint density at radius 1 is 1.10 bits per heavy atom. The summed E-state index contributed by atoms with van der Waals surface area (Å²) < 4.78 is 52.4. The molecule has 8 nitrogen and oxygen atoms in total. The fourth-order valence-corrected chi connectivity index (χ4v) is 5.14. The molecule has 1 saturated carbocycles. The van der Waals surface area contributed by atoms with E-state index in [0.29, 0.717) is 37.3 Å². The number of H-pyrrole nitrogens is 1. The summed E-state index contributed by atoms with van der Waals surface area (Å²) in [7, 11) is 3.25. The fraction of sp³-hybridized carbons (Fsp3) is 0.500. The molecule has 1 aromatic heterocycles. The van der Waals surface area contributed by atoms with Gasteiger partial charge in [0.05, 0.1) is 12.0 Å². The van der Waals surface area contributed by atoms with Gasteiger partial charge in [-0.25, -0.2) is 0 Å². The number of hydrogen-bond acceptors (Lipinski definition) is 6. The van der Waals surface area contributed by atoms with Gasteiger partial charge >= 0.3 is 6.29 Å². The smallest absolute Gasteiger partial charge is 0.395 e. The Bertz CT molecular complexity index is 1390. The molecule has 3 aromatic rings. The molecule has 2 N–H and O–H groups in total. The lowest BCUT2D eigenvalue weighted by Gasteiger charge is -2.23. The van der Waals surface area contributed by atoms with Gasteiger partial charge < -0.3 is 34.0 Å². The second kappa shape index (κ2) is 10.6. The summed E-state index contributed by atoms with van der Waals surface area (Å²) in [6, 6.07) is 10.6. The number of hydrogen-bond donors (Lipinski definition) is 2. The van der Waals surface area contributed by atoms with Gasteiger partial charge in [-0.2, -0.15) is 0 Å². The summed E-state index contributed by atoms with van der Waals surface area (Å²) in [6.45, 7) is 7.34. The Hall–Kier alpha value is -3.21. The van der Waals surface area contributed by atoms with Crippen molar-refractivity contribution in [1.29, 1.82) is 0 Å². The number of aromatic nitrogens is 1. The highest BCUT2D eigenvalue weighted by molar-refractivity contribution is 6.03. The van der Waals surface area contributed by atoms with E-state index in [2.05, 4.69) is 39.7 Å². The molecular weight excluding hydrogens is 522 g/mol. The molecule has 1 amide bonds. The zero-order valence-corrected chi connectivity index (χ0v) is 23.5. The van der Waals surface area contributed by atoms with Crippen LogP contribution in [0.4, 0.5) is 14.5 Å². The number of fused-ring (bicyclic) bond motifs is 2. The van der Waals surface area contributed by atoms with Crippen molar-refractivity contribution in [1.82, 2.24) is 4.98 Å². The van der Waals surface area contributed by atoms with Crippen molar-refractivity contribution in [3.63, 3.8) is 0 Å². The number of nitrogens with one attached hydrogen (secondary N) is 2. The molecule has 5 rings (SSSR count). The lowest BCUT2D eigenvalue weighted by atomic mass is 9.90. The van der Waals surface area contributed by atoms with E-state index >= 15 is 0 Å². The second-order valence-electron chi connectivity index (χ2n) is 11.3. The number of methoxy groups -OCH3 is 2. The van der Waals surface area contributed by atoms with Crippen LogP contribution in [-0.2, 0) is 29.8 Å². The van der Waals surface area contributed by atoms with Crippen molar-refractivity contribution in [2.24, 2.45) is 0 Å². The summed E-state index contributed by atoms with van der Waals surface area (Å²) in [5.74, 6) is -0.261. The third kappa shape index (κ3) is 5.66. The molecule has 0 saturated heterocycles. The third-order valence-electron chi connectivity index (χ3n) is 7.80. The topological polar surface area (TPSA) is 91.0 Å². The van der Waals surface area contributed by atoms with Crippen molar-refractivity contribution >= 4 is 22.5 Å². The molecule has 0 atom stereocenters. The quantitative estimate of drug-likeness (QED) is 0.204. The van der Waals surface area contributed by atoms with Crippen LogP contribution >= 0.6 is 0 Å². The predicted molar refractivity (Wildman–Crippen MR) is 146 cm³/mol. The largest absolute Gasteiger partial charge is 0.586 e. The molecule has 216 valence electrons. The number of anilines is 1. The van der Waals surface area contributed by atoms with Gasteiger partial charge in [-0.1, -0.05) is 19.9 Å². The minimum absolute atomic E-state index is 0.0336. The number of aryl methyl sites for hydroxylation is 1. The van der Waals surface area contributed by atoms with Gasteiger partial charge in [0.25, 0.3) is 0 Å². The van der Waals surface area contributed by atoms with Gasteiger partial charge in [0.2, 0.25) is 5.91 Å². The first-order valence-electron chi connectivity index (χ1n) is 13.5. The number of benzene rings is 2. The molecule has 0 unspecified atom stereocenters. The van der Waals surface area contributed by atoms with Crippen molar-refractivity contribution in [3.05, 3.63) is 53.2 Å². The Labute approximate surface area is 232 Å². The molecule has 1 aliphatic carbocycles. The minimum atomic E-state index is -3.69. The monoisotopic (exact) mass is 558 g/mol. The van der Waals surface area contributed by atoms with Crippen LogP contribution in [0.25, 0.3) is 10.9 Å². The van der Waals surface area contributed by atoms with E-state index in [4.69, 9.17) is 14.2 Å². The predicted octanol–water partition coefficient (Wildman–Crippen LogP) is 6.16. The number of alkyl halides is 2. The molecule has 0 bridgehead atoms. The van der Waals surface area contributed by atoms with Gasteiger partial charge in [-0.15, -0.1) is 8.78 Å².